The van der Waals surface area contributed by atoms with E-state index in [9.17, 15) is 0 Å². The van der Waals surface area contributed by atoms with Gasteiger partial charge in [-0.3, -0.25) is 4.98 Å². The molecule has 0 radical (unpaired) electrons. The van der Waals surface area contributed by atoms with Crippen molar-refractivity contribution in [2.45, 2.75) is 6.92 Å². The maximum atomic E-state index is 5.01. The number of benzene rings is 1. The monoisotopic (exact) mass is 230 g/mol. The van der Waals surface area contributed by atoms with E-state index in [-0.39, 0.29) is 0 Å². The molecule has 0 spiro atoms. The third-order valence-electron chi connectivity index (χ3n) is 2.57. The van der Waals surface area contributed by atoms with Gasteiger partial charge in [0.05, 0.1) is 18.7 Å². The molecule has 1 saturated heterocycles. The minimum atomic E-state index is 0.889. The molecule has 1 aromatic carbocycles. The Morgan fingerprint density at radius 3 is 2.59 bits per heavy atom. The number of hydrogen-bond donors (Lipinski definition) is 1. The van der Waals surface area contributed by atoms with Crippen LogP contribution in [0.15, 0.2) is 36.5 Å². The van der Waals surface area contributed by atoms with Crippen LogP contribution < -0.4 is 5.32 Å². The predicted octanol–water partition coefficient (Wildman–Crippen LogP) is 2.15. The summed E-state index contributed by atoms with van der Waals surface area (Å²) in [4.78, 5) is 4.28. The molecule has 1 aromatic heterocycles. The Kier molecular flexibility index (Phi) is 4.47. The SMILES string of the molecule is C1COCCN1.Cc1cnc2ccccc2c1. The van der Waals surface area contributed by atoms with Crippen LogP contribution in [0.4, 0.5) is 0 Å². The molecule has 0 amide bonds. The van der Waals surface area contributed by atoms with Crippen LogP contribution in [0.25, 0.3) is 10.9 Å². The van der Waals surface area contributed by atoms with Gasteiger partial charge in [0.2, 0.25) is 0 Å². The van der Waals surface area contributed by atoms with E-state index in [2.05, 4.69) is 29.4 Å². The molecule has 2 heterocycles. The number of para-hydroxylation sites is 1. The number of pyridine rings is 1. The Hall–Kier alpha value is -1.45. The lowest BCUT2D eigenvalue weighted by Gasteiger charge is -2.10. The molecule has 0 unspecified atom stereocenters. The summed E-state index contributed by atoms with van der Waals surface area (Å²) in [5, 5.41) is 4.38. The number of nitrogens with one attached hydrogen (secondary N) is 1. The summed E-state index contributed by atoms with van der Waals surface area (Å²) in [6.07, 6.45) is 1.89. The fourth-order valence-electron chi connectivity index (χ4n) is 1.70. The lowest BCUT2D eigenvalue weighted by Crippen LogP contribution is -2.30. The van der Waals surface area contributed by atoms with Gasteiger partial charge in [-0.1, -0.05) is 18.2 Å². The maximum Gasteiger partial charge on any atom is 0.0702 e. The van der Waals surface area contributed by atoms with Crippen molar-refractivity contribution < 1.29 is 4.74 Å². The van der Waals surface area contributed by atoms with Crippen molar-refractivity contribution in [1.82, 2.24) is 10.3 Å². The van der Waals surface area contributed by atoms with E-state index in [1.54, 1.807) is 0 Å². The molecule has 0 atom stereocenters. The van der Waals surface area contributed by atoms with E-state index in [1.807, 2.05) is 24.4 Å². The van der Waals surface area contributed by atoms with Crippen molar-refractivity contribution in [1.29, 1.82) is 0 Å². The average Bonchev–Trinajstić information content (AvgIpc) is 2.41. The van der Waals surface area contributed by atoms with Gasteiger partial charge in [-0.05, 0) is 24.6 Å². The zero-order chi connectivity index (χ0) is 11.9. The van der Waals surface area contributed by atoms with Crippen molar-refractivity contribution in [2.24, 2.45) is 0 Å². The van der Waals surface area contributed by atoms with Crippen molar-refractivity contribution in [3.63, 3.8) is 0 Å². The van der Waals surface area contributed by atoms with Gasteiger partial charge in [0, 0.05) is 24.7 Å². The fraction of sp³-hybridized carbons (Fsp3) is 0.357. The summed E-state index contributed by atoms with van der Waals surface area (Å²) in [6.45, 7) is 5.89. The lowest BCUT2D eigenvalue weighted by molar-refractivity contribution is 0.109. The molecule has 1 fully saturated rings. The Balaban J connectivity index is 0.000000153. The minimum Gasteiger partial charge on any atom is -0.379 e. The first-order valence-corrected chi connectivity index (χ1v) is 5.96. The number of rotatable bonds is 0. The molecule has 0 aliphatic carbocycles. The van der Waals surface area contributed by atoms with E-state index in [0.717, 1.165) is 31.8 Å². The molecule has 1 aliphatic heterocycles. The van der Waals surface area contributed by atoms with Gasteiger partial charge in [0.25, 0.3) is 0 Å². The summed E-state index contributed by atoms with van der Waals surface area (Å²) < 4.78 is 5.01. The quantitative estimate of drug-likeness (QED) is 0.753. The molecule has 0 saturated carbocycles. The first-order valence-electron chi connectivity index (χ1n) is 5.96. The van der Waals surface area contributed by atoms with Gasteiger partial charge in [-0.15, -0.1) is 0 Å². The largest absolute Gasteiger partial charge is 0.379 e. The van der Waals surface area contributed by atoms with Gasteiger partial charge in [0.1, 0.15) is 0 Å². The Bertz CT molecular complexity index is 455. The van der Waals surface area contributed by atoms with E-state index in [0.29, 0.717) is 0 Å². The highest BCUT2D eigenvalue weighted by Gasteiger charge is 1.93. The molecule has 3 heteroatoms. The first-order chi connectivity index (χ1) is 8.36. The smallest absolute Gasteiger partial charge is 0.0702 e. The maximum absolute atomic E-state index is 5.01. The molecule has 0 bridgehead atoms. The Morgan fingerprint density at radius 2 is 1.94 bits per heavy atom. The molecule has 17 heavy (non-hydrogen) atoms. The number of ether oxygens (including phenoxy) is 1. The van der Waals surface area contributed by atoms with Crippen LogP contribution in [-0.4, -0.2) is 31.3 Å². The van der Waals surface area contributed by atoms with E-state index in [1.165, 1.54) is 10.9 Å². The Morgan fingerprint density at radius 1 is 1.18 bits per heavy atom. The van der Waals surface area contributed by atoms with Gasteiger partial charge < -0.3 is 10.1 Å². The van der Waals surface area contributed by atoms with Crippen molar-refractivity contribution in [3.05, 3.63) is 42.1 Å². The number of nitrogens with zero attached hydrogens (tertiary/aromatic N) is 1. The molecular formula is C14H18N2O. The molecule has 3 rings (SSSR count). The lowest BCUT2D eigenvalue weighted by atomic mass is 10.2. The highest BCUT2D eigenvalue weighted by Crippen LogP contribution is 2.11. The van der Waals surface area contributed by atoms with Gasteiger partial charge >= 0.3 is 0 Å². The number of aromatic nitrogens is 1. The Labute approximate surface area is 102 Å². The van der Waals surface area contributed by atoms with Crippen molar-refractivity contribution >= 4 is 10.9 Å². The van der Waals surface area contributed by atoms with Crippen LogP contribution in [0.5, 0.6) is 0 Å². The van der Waals surface area contributed by atoms with Gasteiger partial charge in [-0.2, -0.15) is 0 Å². The minimum absolute atomic E-state index is 0.889. The third kappa shape index (κ3) is 3.80. The summed E-state index contributed by atoms with van der Waals surface area (Å²) in [5.74, 6) is 0. The number of fused-ring (bicyclic) bond motifs is 1. The number of hydrogen-bond acceptors (Lipinski definition) is 3. The summed E-state index contributed by atoms with van der Waals surface area (Å²) in [5.41, 5.74) is 2.28. The second-order valence-corrected chi connectivity index (χ2v) is 4.07. The normalized spacial score (nSPS) is 15.1. The molecule has 1 aliphatic rings. The van der Waals surface area contributed by atoms with Crippen LogP contribution in [0.2, 0.25) is 0 Å². The fourth-order valence-corrected chi connectivity index (χ4v) is 1.70. The number of aryl methyl sites for hydroxylation is 1. The summed E-state index contributed by atoms with van der Waals surface area (Å²) >= 11 is 0. The highest BCUT2D eigenvalue weighted by molar-refractivity contribution is 5.78. The van der Waals surface area contributed by atoms with Crippen LogP contribution in [0, 0.1) is 6.92 Å². The van der Waals surface area contributed by atoms with Crippen LogP contribution in [0.3, 0.4) is 0 Å². The predicted molar refractivity (Wildman–Crippen MR) is 70.2 cm³/mol. The van der Waals surface area contributed by atoms with Crippen LogP contribution in [-0.2, 0) is 4.74 Å². The van der Waals surface area contributed by atoms with Crippen LogP contribution in [0.1, 0.15) is 5.56 Å². The molecule has 1 N–H and O–H groups in total. The molecule has 2 aromatic rings. The van der Waals surface area contributed by atoms with Crippen molar-refractivity contribution in [2.75, 3.05) is 26.3 Å². The molecule has 3 nitrogen and oxygen atoms in total. The third-order valence-corrected chi connectivity index (χ3v) is 2.57. The van der Waals surface area contributed by atoms with Crippen LogP contribution >= 0.6 is 0 Å². The van der Waals surface area contributed by atoms with Crippen molar-refractivity contribution in [3.8, 4) is 0 Å². The zero-order valence-electron chi connectivity index (χ0n) is 10.1. The second kappa shape index (κ2) is 6.33. The molecular weight excluding hydrogens is 212 g/mol. The molecule has 90 valence electrons. The van der Waals surface area contributed by atoms with E-state index >= 15 is 0 Å². The summed E-state index contributed by atoms with van der Waals surface area (Å²) in [6, 6.07) is 10.3. The van der Waals surface area contributed by atoms with Gasteiger partial charge in [0.15, 0.2) is 0 Å². The standard InChI is InChI=1S/C10H9N.C4H9NO/c1-8-6-9-4-2-3-5-10(9)11-7-8;1-3-6-4-2-5-1/h2-7H,1H3;5H,1-4H2. The first kappa shape index (κ1) is 12.0. The van der Waals surface area contributed by atoms with E-state index < -0.39 is 0 Å². The zero-order valence-corrected chi connectivity index (χ0v) is 10.1. The summed E-state index contributed by atoms with van der Waals surface area (Å²) in [7, 11) is 0. The number of morpholine rings is 1. The average molecular weight is 230 g/mol. The highest BCUT2D eigenvalue weighted by atomic mass is 16.5. The van der Waals surface area contributed by atoms with Gasteiger partial charge in [-0.25, -0.2) is 0 Å². The van der Waals surface area contributed by atoms with E-state index in [4.69, 9.17) is 4.74 Å². The second-order valence-electron chi connectivity index (χ2n) is 4.07. The topological polar surface area (TPSA) is 34.1 Å².